The minimum absolute atomic E-state index is 0.137. The standard InChI is InChI=1S/C19H17BrN2O4/c1-26-16-7-6-13(20)10-14(16)18(24)19(25)21-11-17(23)22-9-8-12-4-2-3-5-15(12)22/h2-7,10H,8-9,11H2,1H3,(H,21,25). The van der Waals surface area contributed by atoms with E-state index in [1.54, 1.807) is 17.0 Å². The van der Waals surface area contributed by atoms with Crippen molar-refractivity contribution in [2.24, 2.45) is 0 Å². The Morgan fingerprint density at radius 3 is 2.73 bits per heavy atom. The van der Waals surface area contributed by atoms with E-state index in [0.717, 1.165) is 17.7 Å². The average molecular weight is 417 g/mol. The van der Waals surface area contributed by atoms with Gasteiger partial charge in [0.2, 0.25) is 5.91 Å². The van der Waals surface area contributed by atoms with Crippen LogP contribution in [0.15, 0.2) is 46.9 Å². The van der Waals surface area contributed by atoms with E-state index in [-0.39, 0.29) is 18.0 Å². The van der Waals surface area contributed by atoms with Crippen LogP contribution in [-0.2, 0) is 16.0 Å². The van der Waals surface area contributed by atoms with Crippen LogP contribution in [0, 0.1) is 0 Å². The van der Waals surface area contributed by atoms with Crippen LogP contribution < -0.4 is 15.0 Å². The Kier molecular flexibility index (Phi) is 5.37. The van der Waals surface area contributed by atoms with Crippen molar-refractivity contribution in [2.75, 3.05) is 25.1 Å². The Hall–Kier alpha value is -2.67. The van der Waals surface area contributed by atoms with Gasteiger partial charge in [0, 0.05) is 16.7 Å². The highest BCUT2D eigenvalue weighted by Crippen LogP contribution is 2.27. The third-order valence-electron chi connectivity index (χ3n) is 4.20. The second-order valence-electron chi connectivity index (χ2n) is 5.78. The third-order valence-corrected chi connectivity index (χ3v) is 4.69. The first-order chi connectivity index (χ1) is 12.5. The summed E-state index contributed by atoms with van der Waals surface area (Å²) in [6.07, 6.45) is 0.782. The van der Waals surface area contributed by atoms with Gasteiger partial charge in [-0.3, -0.25) is 14.4 Å². The number of hydrogen-bond donors (Lipinski definition) is 1. The Bertz CT molecular complexity index is 882. The topological polar surface area (TPSA) is 75.7 Å². The zero-order valence-electron chi connectivity index (χ0n) is 14.1. The van der Waals surface area contributed by atoms with E-state index in [1.807, 2.05) is 24.3 Å². The number of anilines is 1. The van der Waals surface area contributed by atoms with Crippen molar-refractivity contribution in [1.82, 2.24) is 5.32 Å². The molecule has 0 atom stereocenters. The summed E-state index contributed by atoms with van der Waals surface area (Å²) >= 11 is 3.26. The van der Waals surface area contributed by atoms with Gasteiger partial charge < -0.3 is 15.0 Å². The number of carbonyl (C=O) groups excluding carboxylic acids is 3. The smallest absolute Gasteiger partial charge is 0.292 e. The molecule has 1 aliphatic heterocycles. The van der Waals surface area contributed by atoms with Crippen LogP contribution in [0.3, 0.4) is 0 Å². The predicted octanol–water partition coefficient (Wildman–Crippen LogP) is 2.35. The molecule has 26 heavy (non-hydrogen) atoms. The molecule has 0 bridgehead atoms. The summed E-state index contributed by atoms with van der Waals surface area (Å²) in [5.41, 5.74) is 2.09. The fourth-order valence-corrected chi connectivity index (χ4v) is 3.27. The van der Waals surface area contributed by atoms with E-state index in [1.165, 1.54) is 13.2 Å². The molecular formula is C19H17BrN2O4. The lowest BCUT2D eigenvalue weighted by Gasteiger charge is -2.17. The molecular weight excluding hydrogens is 400 g/mol. The van der Waals surface area contributed by atoms with E-state index in [0.29, 0.717) is 16.8 Å². The molecule has 0 radical (unpaired) electrons. The van der Waals surface area contributed by atoms with Crippen LogP contribution in [0.25, 0.3) is 0 Å². The van der Waals surface area contributed by atoms with E-state index in [4.69, 9.17) is 4.74 Å². The highest BCUT2D eigenvalue weighted by molar-refractivity contribution is 9.10. The van der Waals surface area contributed by atoms with Crippen LogP contribution in [0.5, 0.6) is 5.75 Å². The zero-order valence-corrected chi connectivity index (χ0v) is 15.7. The molecule has 0 saturated carbocycles. The summed E-state index contributed by atoms with van der Waals surface area (Å²) in [7, 11) is 1.42. The molecule has 134 valence electrons. The minimum atomic E-state index is -0.845. The number of halogens is 1. The van der Waals surface area contributed by atoms with Crippen molar-refractivity contribution in [1.29, 1.82) is 0 Å². The number of carbonyl (C=O) groups is 3. The predicted molar refractivity (Wildman–Crippen MR) is 101 cm³/mol. The van der Waals surface area contributed by atoms with Gasteiger partial charge in [-0.1, -0.05) is 34.1 Å². The van der Waals surface area contributed by atoms with Gasteiger partial charge in [0.25, 0.3) is 11.7 Å². The van der Waals surface area contributed by atoms with Gasteiger partial charge in [-0.15, -0.1) is 0 Å². The molecule has 6 nitrogen and oxygen atoms in total. The van der Waals surface area contributed by atoms with E-state index in [2.05, 4.69) is 21.2 Å². The molecule has 2 amide bonds. The van der Waals surface area contributed by atoms with Crippen molar-refractivity contribution < 1.29 is 19.1 Å². The number of ketones is 1. The van der Waals surface area contributed by atoms with E-state index in [9.17, 15) is 14.4 Å². The third kappa shape index (κ3) is 3.62. The largest absolute Gasteiger partial charge is 0.496 e. The maximum absolute atomic E-state index is 12.4. The second-order valence-corrected chi connectivity index (χ2v) is 6.70. The SMILES string of the molecule is COc1ccc(Br)cc1C(=O)C(=O)NCC(=O)N1CCc2ccccc21. The molecule has 3 rings (SSSR count). The normalized spacial score (nSPS) is 12.5. The monoisotopic (exact) mass is 416 g/mol. The van der Waals surface area contributed by atoms with Crippen molar-refractivity contribution in [3.8, 4) is 5.75 Å². The lowest BCUT2D eigenvalue weighted by Crippen LogP contribution is -2.41. The minimum Gasteiger partial charge on any atom is -0.496 e. The number of Topliss-reactive ketones (excluding diaryl/α,β-unsaturated/α-hetero) is 1. The summed E-state index contributed by atoms with van der Waals surface area (Å²) in [6, 6.07) is 12.5. The van der Waals surface area contributed by atoms with E-state index < -0.39 is 11.7 Å². The van der Waals surface area contributed by atoms with Crippen molar-refractivity contribution >= 4 is 39.2 Å². The van der Waals surface area contributed by atoms with Crippen LogP contribution >= 0.6 is 15.9 Å². The summed E-state index contributed by atoms with van der Waals surface area (Å²) in [5, 5.41) is 2.41. The number of nitrogens with zero attached hydrogens (tertiary/aromatic N) is 1. The highest BCUT2D eigenvalue weighted by Gasteiger charge is 2.26. The molecule has 7 heteroatoms. The van der Waals surface area contributed by atoms with Crippen LogP contribution in [0.4, 0.5) is 5.69 Å². The molecule has 2 aromatic rings. The van der Waals surface area contributed by atoms with Crippen molar-refractivity contribution in [3.63, 3.8) is 0 Å². The molecule has 2 aromatic carbocycles. The fourth-order valence-electron chi connectivity index (χ4n) is 2.91. The number of hydrogen-bond acceptors (Lipinski definition) is 4. The molecule has 1 N–H and O–H groups in total. The molecule has 0 spiro atoms. The number of methoxy groups -OCH3 is 1. The van der Waals surface area contributed by atoms with Gasteiger partial charge in [0.05, 0.1) is 19.2 Å². The van der Waals surface area contributed by atoms with Gasteiger partial charge in [-0.2, -0.15) is 0 Å². The number of nitrogens with one attached hydrogen (secondary N) is 1. The van der Waals surface area contributed by atoms with Gasteiger partial charge in [-0.25, -0.2) is 0 Å². The number of ether oxygens (including phenoxy) is 1. The fraction of sp³-hybridized carbons (Fsp3) is 0.211. The first-order valence-corrected chi connectivity index (χ1v) is 8.85. The number of fused-ring (bicyclic) bond motifs is 1. The molecule has 1 aliphatic rings. The van der Waals surface area contributed by atoms with E-state index >= 15 is 0 Å². The molecule has 0 aromatic heterocycles. The Morgan fingerprint density at radius 1 is 1.19 bits per heavy atom. The number of amides is 2. The summed E-state index contributed by atoms with van der Waals surface area (Å²) < 4.78 is 5.77. The number of para-hydroxylation sites is 1. The summed E-state index contributed by atoms with van der Waals surface area (Å²) in [4.78, 5) is 38.6. The summed E-state index contributed by atoms with van der Waals surface area (Å²) in [5.74, 6) is -1.55. The molecule has 0 aliphatic carbocycles. The first-order valence-electron chi connectivity index (χ1n) is 8.05. The lowest BCUT2D eigenvalue weighted by atomic mass is 10.1. The van der Waals surface area contributed by atoms with Crippen LogP contribution in [0.2, 0.25) is 0 Å². The maximum atomic E-state index is 12.4. The summed E-state index contributed by atoms with van der Waals surface area (Å²) in [6.45, 7) is 0.330. The highest BCUT2D eigenvalue weighted by atomic mass is 79.9. The van der Waals surface area contributed by atoms with Crippen molar-refractivity contribution in [3.05, 3.63) is 58.1 Å². The van der Waals surface area contributed by atoms with Gasteiger partial charge >= 0.3 is 0 Å². The van der Waals surface area contributed by atoms with Gasteiger partial charge in [0.1, 0.15) is 5.75 Å². The molecule has 1 heterocycles. The second kappa shape index (κ2) is 7.70. The molecule has 0 fully saturated rings. The Morgan fingerprint density at radius 2 is 1.96 bits per heavy atom. The maximum Gasteiger partial charge on any atom is 0.292 e. The number of benzene rings is 2. The average Bonchev–Trinajstić information content (AvgIpc) is 3.09. The molecule has 0 saturated heterocycles. The Balaban J connectivity index is 1.65. The van der Waals surface area contributed by atoms with Gasteiger partial charge in [-0.05, 0) is 36.2 Å². The van der Waals surface area contributed by atoms with Crippen LogP contribution in [-0.4, -0.2) is 37.8 Å². The van der Waals surface area contributed by atoms with Crippen molar-refractivity contribution in [2.45, 2.75) is 6.42 Å². The first kappa shape index (κ1) is 18.1. The van der Waals surface area contributed by atoms with Crippen LogP contribution in [0.1, 0.15) is 15.9 Å². The Labute approximate surface area is 159 Å². The lowest BCUT2D eigenvalue weighted by molar-refractivity contribution is -0.122. The quantitative estimate of drug-likeness (QED) is 0.599. The molecule has 0 unspecified atom stereocenters. The zero-order chi connectivity index (χ0) is 18.7. The number of rotatable bonds is 5. The van der Waals surface area contributed by atoms with Gasteiger partial charge in [0.15, 0.2) is 0 Å².